The molecule has 1 aliphatic rings. The number of carbonyl (C=O) groups excluding carboxylic acids is 1. The van der Waals surface area contributed by atoms with E-state index in [1.807, 2.05) is 4.90 Å². The van der Waals surface area contributed by atoms with Crippen LogP contribution in [0.25, 0.3) is 5.69 Å². The van der Waals surface area contributed by atoms with E-state index in [0.717, 1.165) is 6.29 Å². The van der Waals surface area contributed by atoms with Crippen LogP contribution in [0.4, 0.5) is 5.82 Å². The molecule has 1 aromatic carbocycles. The Morgan fingerprint density at radius 1 is 1.24 bits per heavy atom. The summed E-state index contributed by atoms with van der Waals surface area (Å²) in [6.07, 6.45) is 3.32. The molecule has 1 aliphatic heterocycles. The van der Waals surface area contributed by atoms with Crippen molar-refractivity contribution in [2.75, 3.05) is 31.2 Å². The topological polar surface area (TPSA) is 88.2 Å². The first-order chi connectivity index (χ1) is 12.2. The van der Waals surface area contributed by atoms with Crippen LogP contribution in [-0.4, -0.2) is 42.1 Å². The number of nitriles is 1. The predicted octanol–water partition coefficient (Wildman–Crippen LogP) is 1.07. The van der Waals surface area contributed by atoms with Gasteiger partial charge < -0.3 is 14.4 Å². The quantitative estimate of drug-likeness (QED) is 0.758. The van der Waals surface area contributed by atoms with Crippen molar-refractivity contribution in [3.63, 3.8) is 0 Å². The van der Waals surface area contributed by atoms with Gasteiger partial charge in [0.05, 0.1) is 30.5 Å². The molecule has 0 amide bonds. The van der Waals surface area contributed by atoms with Gasteiger partial charge in [-0.1, -0.05) is 0 Å². The fraction of sp³-hybridized carbons (Fsp3) is 0.333. The Morgan fingerprint density at radius 2 is 1.96 bits per heavy atom. The largest absolute Gasteiger partial charge is 0.378 e. The number of anilines is 1. The normalized spacial score (nSPS) is 14.1. The van der Waals surface area contributed by atoms with E-state index in [2.05, 4.69) is 11.1 Å². The minimum atomic E-state index is -0.221. The first-order valence-electron chi connectivity index (χ1n) is 8.12. The number of hydrogen-bond acceptors (Lipinski definition) is 6. The predicted molar refractivity (Wildman–Crippen MR) is 92.0 cm³/mol. The van der Waals surface area contributed by atoms with E-state index in [9.17, 15) is 9.59 Å². The van der Waals surface area contributed by atoms with Crippen LogP contribution in [-0.2, 0) is 16.0 Å². The number of aryl methyl sites for hydroxylation is 1. The Bertz CT molecular complexity index is 846. The van der Waals surface area contributed by atoms with Crippen molar-refractivity contribution in [2.45, 2.75) is 12.8 Å². The highest BCUT2D eigenvalue weighted by Gasteiger charge is 2.19. The summed E-state index contributed by atoms with van der Waals surface area (Å²) in [4.78, 5) is 30.0. The molecule has 7 heteroatoms. The third kappa shape index (κ3) is 3.75. The van der Waals surface area contributed by atoms with E-state index in [1.54, 1.807) is 30.5 Å². The molecule has 0 bridgehead atoms. The average Bonchev–Trinajstić information content (AvgIpc) is 2.68. The average molecular weight is 338 g/mol. The Morgan fingerprint density at radius 3 is 2.60 bits per heavy atom. The van der Waals surface area contributed by atoms with Crippen molar-refractivity contribution in [3.05, 3.63) is 52.1 Å². The number of carbonyl (C=O) groups is 1. The van der Waals surface area contributed by atoms with Crippen LogP contribution in [0.5, 0.6) is 0 Å². The zero-order valence-electron chi connectivity index (χ0n) is 13.7. The van der Waals surface area contributed by atoms with E-state index in [-0.39, 0.29) is 5.56 Å². The van der Waals surface area contributed by atoms with Gasteiger partial charge in [0.15, 0.2) is 5.82 Å². The monoisotopic (exact) mass is 338 g/mol. The fourth-order valence-electron chi connectivity index (χ4n) is 2.72. The number of aldehydes is 1. The van der Waals surface area contributed by atoms with Crippen LogP contribution in [0.2, 0.25) is 0 Å². The van der Waals surface area contributed by atoms with Crippen molar-refractivity contribution in [2.24, 2.45) is 0 Å². The van der Waals surface area contributed by atoms with Gasteiger partial charge in [0.1, 0.15) is 6.29 Å². The van der Waals surface area contributed by atoms with Crippen molar-refractivity contribution < 1.29 is 9.53 Å². The summed E-state index contributed by atoms with van der Waals surface area (Å²) in [5.74, 6) is 0.371. The summed E-state index contributed by atoms with van der Waals surface area (Å²) >= 11 is 0. The van der Waals surface area contributed by atoms with Crippen molar-refractivity contribution in [3.8, 4) is 11.8 Å². The highest BCUT2D eigenvalue weighted by Crippen LogP contribution is 2.14. The molecule has 3 rings (SSSR count). The minimum absolute atomic E-state index is 0.221. The first kappa shape index (κ1) is 16.9. The number of morpholine rings is 1. The third-order valence-electron chi connectivity index (χ3n) is 4.04. The molecular weight excluding hydrogens is 320 g/mol. The van der Waals surface area contributed by atoms with E-state index in [4.69, 9.17) is 10.00 Å². The van der Waals surface area contributed by atoms with Crippen molar-refractivity contribution >= 4 is 12.1 Å². The lowest BCUT2D eigenvalue weighted by atomic mass is 10.2. The van der Waals surface area contributed by atoms with Gasteiger partial charge in [-0.2, -0.15) is 5.26 Å². The highest BCUT2D eigenvalue weighted by atomic mass is 16.5. The molecule has 2 aromatic rings. The first-order valence-corrected chi connectivity index (χ1v) is 8.12. The number of hydrogen-bond donors (Lipinski definition) is 0. The van der Waals surface area contributed by atoms with Gasteiger partial charge in [-0.3, -0.25) is 9.36 Å². The molecule has 0 aliphatic carbocycles. The molecule has 1 saturated heterocycles. The zero-order chi connectivity index (χ0) is 17.6. The second-order valence-electron chi connectivity index (χ2n) is 5.69. The van der Waals surface area contributed by atoms with Crippen LogP contribution in [0, 0.1) is 11.3 Å². The SMILES string of the molecule is N#Cc1ccc(-n2cc(CCC=O)nc(N3CCOCC3)c2=O)cc1. The summed E-state index contributed by atoms with van der Waals surface area (Å²) in [6, 6.07) is 8.86. The lowest BCUT2D eigenvalue weighted by Crippen LogP contribution is -2.41. The second kappa shape index (κ2) is 7.73. The van der Waals surface area contributed by atoms with E-state index in [0.29, 0.717) is 61.9 Å². The Labute approximate surface area is 145 Å². The molecule has 1 aromatic heterocycles. The van der Waals surface area contributed by atoms with E-state index < -0.39 is 0 Å². The van der Waals surface area contributed by atoms with Crippen LogP contribution in [0.1, 0.15) is 17.7 Å². The molecule has 128 valence electrons. The molecular formula is C18H18N4O3. The fourth-order valence-corrected chi connectivity index (χ4v) is 2.72. The summed E-state index contributed by atoms with van der Waals surface area (Å²) in [6.45, 7) is 2.31. The van der Waals surface area contributed by atoms with Gasteiger partial charge >= 0.3 is 0 Å². The number of benzene rings is 1. The van der Waals surface area contributed by atoms with Crippen LogP contribution < -0.4 is 10.5 Å². The van der Waals surface area contributed by atoms with Crippen LogP contribution in [0.3, 0.4) is 0 Å². The number of rotatable bonds is 5. The summed E-state index contributed by atoms with van der Waals surface area (Å²) in [5, 5.41) is 8.93. The van der Waals surface area contributed by atoms with Gasteiger partial charge in [0.2, 0.25) is 0 Å². The molecule has 0 radical (unpaired) electrons. The standard InChI is InChI=1S/C18H18N4O3/c19-12-14-3-5-16(6-4-14)22-13-15(2-1-9-23)20-17(18(22)24)21-7-10-25-11-8-21/h3-6,9,13H,1-2,7-8,10-11H2. The summed E-state index contributed by atoms with van der Waals surface area (Å²) in [5.41, 5.74) is 1.65. The smallest absolute Gasteiger partial charge is 0.298 e. The Hall–Kier alpha value is -2.98. The molecule has 0 unspecified atom stereocenters. The van der Waals surface area contributed by atoms with Gasteiger partial charge in [0.25, 0.3) is 5.56 Å². The molecule has 0 saturated carbocycles. The molecule has 1 fully saturated rings. The highest BCUT2D eigenvalue weighted by molar-refractivity contribution is 5.50. The van der Waals surface area contributed by atoms with Gasteiger partial charge in [-0.25, -0.2) is 4.98 Å². The minimum Gasteiger partial charge on any atom is -0.378 e. The van der Waals surface area contributed by atoms with Crippen LogP contribution in [0.15, 0.2) is 35.3 Å². The maximum absolute atomic E-state index is 12.9. The zero-order valence-corrected chi connectivity index (χ0v) is 13.7. The number of aromatic nitrogens is 2. The van der Waals surface area contributed by atoms with Crippen molar-refractivity contribution in [1.29, 1.82) is 5.26 Å². The molecule has 0 spiro atoms. The summed E-state index contributed by atoms with van der Waals surface area (Å²) in [7, 11) is 0. The van der Waals surface area contributed by atoms with Crippen LogP contribution >= 0.6 is 0 Å². The maximum atomic E-state index is 12.9. The molecule has 2 heterocycles. The lowest BCUT2D eigenvalue weighted by molar-refractivity contribution is -0.107. The van der Waals surface area contributed by atoms with E-state index in [1.165, 1.54) is 4.57 Å². The molecule has 25 heavy (non-hydrogen) atoms. The molecule has 0 atom stereocenters. The number of ether oxygens (including phenoxy) is 1. The van der Waals surface area contributed by atoms with Crippen molar-refractivity contribution in [1.82, 2.24) is 9.55 Å². The number of nitrogens with zero attached hydrogens (tertiary/aromatic N) is 4. The van der Waals surface area contributed by atoms with E-state index >= 15 is 0 Å². The molecule has 7 nitrogen and oxygen atoms in total. The molecule has 0 N–H and O–H groups in total. The van der Waals surface area contributed by atoms with Gasteiger partial charge in [0, 0.05) is 31.4 Å². The second-order valence-corrected chi connectivity index (χ2v) is 5.69. The third-order valence-corrected chi connectivity index (χ3v) is 4.04. The maximum Gasteiger partial charge on any atom is 0.298 e. The Kier molecular flexibility index (Phi) is 5.21. The van der Waals surface area contributed by atoms with Gasteiger partial charge in [-0.15, -0.1) is 0 Å². The lowest BCUT2D eigenvalue weighted by Gasteiger charge is -2.28. The summed E-state index contributed by atoms with van der Waals surface area (Å²) < 4.78 is 6.87. The Balaban J connectivity index is 2.06. The van der Waals surface area contributed by atoms with Gasteiger partial charge in [-0.05, 0) is 30.7 Å².